The molecule has 2 aromatic heterocycles. The summed E-state index contributed by atoms with van der Waals surface area (Å²) in [6, 6.07) is 5.10. The van der Waals surface area contributed by atoms with Gasteiger partial charge in [0.2, 0.25) is 5.75 Å². The van der Waals surface area contributed by atoms with Crippen LogP contribution in [-0.4, -0.2) is 21.2 Å². The molecule has 0 bridgehead atoms. The van der Waals surface area contributed by atoms with Crippen LogP contribution in [0.4, 0.5) is 26.3 Å². The largest absolute Gasteiger partial charge is 0.449 e. The summed E-state index contributed by atoms with van der Waals surface area (Å²) in [6.07, 6.45) is -6.97. The lowest BCUT2D eigenvalue weighted by atomic mass is 10.2. The number of rotatable bonds is 4. The third-order valence-corrected chi connectivity index (χ3v) is 4.87. The Morgan fingerprint density at radius 2 is 1.77 bits per heavy atom. The second-order valence-corrected chi connectivity index (χ2v) is 7.20. The summed E-state index contributed by atoms with van der Waals surface area (Å²) in [5.74, 6) is -2.47. The van der Waals surface area contributed by atoms with Gasteiger partial charge in [-0.2, -0.15) is 26.3 Å². The van der Waals surface area contributed by atoms with Crippen molar-refractivity contribution >= 4 is 23.4 Å². The molecule has 1 N–H and O–H groups in total. The number of ether oxygens (including phenoxy) is 1. The number of benzene rings is 1. The van der Waals surface area contributed by atoms with Crippen molar-refractivity contribution < 1.29 is 31.1 Å². The summed E-state index contributed by atoms with van der Waals surface area (Å²) in [5, 5.41) is -0.682. The molecule has 0 atom stereocenters. The Morgan fingerprint density at radius 1 is 1.06 bits per heavy atom. The number of hydrogen-bond donors (Lipinski definition) is 1. The first-order chi connectivity index (χ1) is 14.4. The van der Waals surface area contributed by atoms with Crippen molar-refractivity contribution in [2.24, 2.45) is 0 Å². The van der Waals surface area contributed by atoms with Gasteiger partial charge >= 0.3 is 12.4 Å². The van der Waals surface area contributed by atoms with Crippen LogP contribution < -0.4 is 10.3 Å². The van der Waals surface area contributed by atoms with Crippen molar-refractivity contribution in [3.63, 3.8) is 0 Å². The van der Waals surface area contributed by atoms with Crippen LogP contribution >= 0.6 is 23.4 Å². The highest BCUT2D eigenvalue weighted by Crippen LogP contribution is 2.39. The number of nitrogens with zero attached hydrogens (tertiary/aromatic N) is 2. The van der Waals surface area contributed by atoms with E-state index in [0.29, 0.717) is 11.0 Å². The van der Waals surface area contributed by atoms with Crippen LogP contribution in [0.1, 0.15) is 11.3 Å². The number of halogens is 7. The maximum atomic E-state index is 13.6. The first kappa shape index (κ1) is 22.9. The Morgan fingerprint density at radius 3 is 2.39 bits per heavy atom. The Bertz CT molecular complexity index is 1180. The quantitative estimate of drug-likeness (QED) is 0.363. The summed E-state index contributed by atoms with van der Waals surface area (Å²) in [5.41, 5.74) is -4.44. The van der Waals surface area contributed by atoms with Gasteiger partial charge in [-0.1, -0.05) is 11.6 Å². The predicted molar refractivity (Wildman–Crippen MR) is 101 cm³/mol. The highest BCUT2D eigenvalue weighted by molar-refractivity contribution is 7.98. The molecule has 0 spiro atoms. The van der Waals surface area contributed by atoms with Crippen LogP contribution in [0.2, 0.25) is 5.02 Å². The molecule has 0 radical (unpaired) electrons. The standard InChI is InChI=1S/C18H10ClF6N3O2S/c1-31-9-4-5-26-12(7-9)15-27-14(18(23,24)25)13(16(29)28-15)30-8-2-3-11(19)10(6-8)17(20,21)22/h2-7H,1H3,(H,27,28,29). The average molecular weight is 482 g/mol. The Labute approximate surface area is 179 Å². The van der Waals surface area contributed by atoms with Gasteiger partial charge in [0, 0.05) is 11.1 Å². The molecule has 3 aromatic rings. The Hall–Kier alpha value is -2.73. The lowest BCUT2D eigenvalue weighted by Gasteiger charge is -2.15. The highest BCUT2D eigenvalue weighted by Gasteiger charge is 2.39. The number of aromatic nitrogens is 3. The van der Waals surface area contributed by atoms with Crippen molar-refractivity contribution in [3.8, 4) is 23.0 Å². The van der Waals surface area contributed by atoms with E-state index in [2.05, 4.69) is 15.0 Å². The van der Waals surface area contributed by atoms with E-state index in [1.54, 1.807) is 12.3 Å². The van der Waals surface area contributed by atoms with Gasteiger partial charge in [0.15, 0.2) is 11.5 Å². The fourth-order valence-electron chi connectivity index (χ4n) is 2.44. The van der Waals surface area contributed by atoms with Crippen molar-refractivity contribution in [2.45, 2.75) is 17.2 Å². The summed E-state index contributed by atoms with van der Waals surface area (Å²) in [4.78, 5) is 22.5. The SMILES string of the molecule is CSc1ccnc(-c2nc(C(F)(F)F)c(Oc3ccc(Cl)c(C(F)(F)F)c3)c(=O)[nH]2)c1. The molecule has 3 rings (SSSR count). The van der Waals surface area contributed by atoms with Gasteiger partial charge in [-0.05, 0) is 36.6 Å². The van der Waals surface area contributed by atoms with Crippen molar-refractivity contribution in [2.75, 3.05) is 6.26 Å². The lowest BCUT2D eigenvalue weighted by molar-refractivity contribution is -0.142. The van der Waals surface area contributed by atoms with Gasteiger partial charge < -0.3 is 9.72 Å². The van der Waals surface area contributed by atoms with E-state index in [-0.39, 0.29) is 5.69 Å². The molecule has 164 valence electrons. The van der Waals surface area contributed by atoms with Gasteiger partial charge in [-0.15, -0.1) is 11.8 Å². The summed E-state index contributed by atoms with van der Waals surface area (Å²) < 4.78 is 84.7. The fourth-order valence-corrected chi connectivity index (χ4v) is 3.09. The average Bonchev–Trinajstić information content (AvgIpc) is 2.69. The van der Waals surface area contributed by atoms with Crippen LogP contribution in [0.25, 0.3) is 11.5 Å². The molecule has 0 saturated carbocycles. The maximum absolute atomic E-state index is 13.6. The fraction of sp³-hybridized carbons (Fsp3) is 0.167. The lowest BCUT2D eigenvalue weighted by Crippen LogP contribution is -2.21. The minimum absolute atomic E-state index is 0.0353. The van der Waals surface area contributed by atoms with Gasteiger partial charge in [0.25, 0.3) is 5.56 Å². The number of aromatic amines is 1. The first-order valence-electron chi connectivity index (χ1n) is 8.16. The topological polar surface area (TPSA) is 67.9 Å². The van der Waals surface area contributed by atoms with Crippen LogP contribution in [0.15, 0.2) is 46.2 Å². The number of pyridine rings is 1. The molecule has 0 aliphatic heterocycles. The second-order valence-electron chi connectivity index (χ2n) is 5.91. The normalized spacial score (nSPS) is 12.1. The molecule has 0 fully saturated rings. The van der Waals surface area contributed by atoms with Gasteiger partial charge in [0.1, 0.15) is 11.4 Å². The predicted octanol–water partition coefficient (Wildman–Crippen LogP) is 6.04. The smallest absolute Gasteiger partial charge is 0.437 e. The van der Waals surface area contributed by atoms with Crippen molar-refractivity contribution in [3.05, 3.63) is 63.2 Å². The molecular formula is C18H10ClF6N3O2S. The van der Waals surface area contributed by atoms with E-state index in [4.69, 9.17) is 16.3 Å². The van der Waals surface area contributed by atoms with Crippen LogP contribution in [0, 0.1) is 0 Å². The molecule has 0 aliphatic rings. The minimum Gasteiger partial charge on any atom is -0.449 e. The van der Waals surface area contributed by atoms with E-state index in [1.165, 1.54) is 24.0 Å². The zero-order chi connectivity index (χ0) is 23.0. The number of thioether (sulfide) groups is 1. The van der Waals surface area contributed by atoms with Gasteiger partial charge in [-0.3, -0.25) is 9.78 Å². The zero-order valence-electron chi connectivity index (χ0n) is 15.2. The molecule has 31 heavy (non-hydrogen) atoms. The van der Waals surface area contributed by atoms with E-state index in [1.807, 2.05) is 0 Å². The van der Waals surface area contributed by atoms with Gasteiger partial charge in [0.05, 0.1) is 10.6 Å². The molecule has 1 aromatic carbocycles. The van der Waals surface area contributed by atoms with E-state index in [9.17, 15) is 31.1 Å². The molecule has 2 heterocycles. The summed E-state index contributed by atoms with van der Waals surface area (Å²) >= 11 is 6.78. The number of hydrogen-bond acceptors (Lipinski definition) is 5. The van der Waals surface area contributed by atoms with Gasteiger partial charge in [-0.25, -0.2) is 4.98 Å². The van der Waals surface area contributed by atoms with Crippen LogP contribution in [-0.2, 0) is 12.4 Å². The minimum atomic E-state index is -5.14. The Balaban J connectivity index is 2.12. The molecule has 5 nitrogen and oxygen atoms in total. The highest BCUT2D eigenvalue weighted by atomic mass is 35.5. The molecule has 0 saturated heterocycles. The van der Waals surface area contributed by atoms with Crippen molar-refractivity contribution in [1.82, 2.24) is 15.0 Å². The van der Waals surface area contributed by atoms with E-state index < -0.39 is 51.5 Å². The monoisotopic (exact) mass is 481 g/mol. The third-order valence-electron chi connectivity index (χ3n) is 3.82. The Kier molecular flexibility index (Phi) is 6.23. The zero-order valence-corrected chi connectivity index (χ0v) is 16.8. The first-order valence-corrected chi connectivity index (χ1v) is 9.77. The number of H-pyrrole nitrogens is 1. The molecular weight excluding hydrogens is 472 g/mol. The van der Waals surface area contributed by atoms with E-state index in [0.717, 1.165) is 12.1 Å². The van der Waals surface area contributed by atoms with Crippen LogP contribution in [0.3, 0.4) is 0 Å². The summed E-state index contributed by atoms with van der Waals surface area (Å²) in [6.45, 7) is 0. The second kappa shape index (κ2) is 8.42. The third kappa shape index (κ3) is 5.13. The number of nitrogens with one attached hydrogen (secondary N) is 1. The molecule has 13 heteroatoms. The molecule has 0 aliphatic carbocycles. The molecule has 0 amide bonds. The van der Waals surface area contributed by atoms with E-state index >= 15 is 0 Å². The number of alkyl halides is 6. The van der Waals surface area contributed by atoms with Crippen LogP contribution in [0.5, 0.6) is 11.5 Å². The molecule has 0 unspecified atom stereocenters. The summed E-state index contributed by atoms with van der Waals surface area (Å²) in [7, 11) is 0. The van der Waals surface area contributed by atoms with Crippen molar-refractivity contribution in [1.29, 1.82) is 0 Å². The maximum Gasteiger partial charge on any atom is 0.437 e.